The third-order valence-electron chi connectivity index (χ3n) is 6.89. The first-order chi connectivity index (χ1) is 17.9. The number of hydrogen-bond acceptors (Lipinski definition) is 7. The van der Waals surface area contributed by atoms with Gasteiger partial charge in [-0.05, 0) is 0 Å². The molecule has 1 aliphatic rings. The summed E-state index contributed by atoms with van der Waals surface area (Å²) in [5, 5.41) is -0.493. The molecule has 0 amide bonds. The van der Waals surface area contributed by atoms with Gasteiger partial charge in [-0.3, -0.25) is 0 Å². The van der Waals surface area contributed by atoms with Gasteiger partial charge in [-0.25, -0.2) is 0 Å². The fraction of sp³-hybridized carbons (Fsp3) is 0.517. The van der Waals surface area contributed by atoms with Gasteiger partial charge in [0.2, 0.25) is 0 Å². The van der Waals surface area contributed by atoms with Crippen LogP contribution < -0.4 is 4.46 Å². The van der Waals surface area contributed by atoms with Gasteiger partial charge in [0.1, 0.15) is 0 Å². The molecule has 0 unspecified atom stereocenters. The molecule has 0 spiro atoms. The fourth-order valence-electron chi connectivity index (χ4n) is 3.86. The summed E-state index contributed by atoms with van der Waals surface area (Å²) in [6.07, 6.45) is -2.89. The second-order valence-corrected chi connectivity index (χ2v) is 18.2. The monoisotopic (exact) mass is 608 g/mol. The second-order valence-electron chi connectivity index (χ2n) is 11.0. The van der Waals surface area contributed by atoms with E-state index < -0.39 is 49.7 Å². The van der Waals surface area contributed by atoms with Crippen molar-refractivity contribution >= 4 is 39.7 Å². The molecule has 208 valence electrons. The van der Waals surface area contributed by atoms with Crippen LogP contribution in [0.15, 0.2) is 60.7 Å². The van der Waals surface area contributed by atoms with Crippen LogP contribution in [0.5, 0.6) is 0 Å². The molecule has 0 bridgehead atoms. The van der Waals surface area contributed by atoms with Crippen LogP contribution in [0.25, 0.3) is 0 Å². The Bertz CT molecular complexity index is 1040. The summed E-state index contributed by atoms with van der Waals surface area (Å²) in [5.74, 6) is -0.945. The Hall–Kier alpha value is -2.00. The molecular formula is C29H40O7SeSi. The molecule has 0 aromatic heterocycles. The van der Waals surface area contributed by atoms with Gasteiger partial charge in [0.15, 0.2) is 0 Å². The van der Waals surface area contributed by atoms with Crippen molar-refractivity contribution < 1.29 is 33.0 Å². The normalized spacial score (nSPS) is 24.0. The summed E-state index contributed by atoms with van der Waals surface area (Å²) in [4.78, 5) is 24.5. The van der Waals surface area contributed by atoms with E-state index in [9.17, 15) is 9.59 Å². The number of ether oxygens (including phenoxy) is 4. The predicted octanol–water partition coefficient (Wildman–Crippen LogP) is 4.21. The van der Waals surface area contributed by atoms with Gasteiger partial charge < -0.3 is 0 Å². The van der Waals surface area contributed by atoms with E-state index in [0.717, 1.165) is 10.0 Å². The SMILES string of the molecule is CC(=O)O[C@@H]1[C@@H](OC(C)=O)[C@H]([Se]c2ccccc2)O[C@H](CO[Si](C)(C)C(C)(C)C)[C@H]1OCc1ccccc1. The minimum absolute atomic E-state index is 0.00496. The van der Waals surface area contributed by atoms with Crippen molar-refractivity contribution in [2.75, 3.05) is 6.61 Å². The van der Waals surface area contributed by atoms with Crippen LogP contribution in [0.3, 0.4) is 0 Å². The van der Waals surface area contributed by atoms with Crippen molar-refractivity contribution in [2.24, 2.45) is 0 Å². The van der Waals surface area contributed by atoms with Crippen molar-refractivity contribution in [1.29, 1.82) is 0 Å². The quantitative estimate of drug-likeness (QED) is 0.296. The molecule has 38 heavy (non-hydrogen) atoms. The van der Waals surface area contributed by atoms with Gasteiger partial charge in [-0.1, -0.05) is 0 Å². The van der Waals surface area contributed by atoms with Crippen molar-refractivity contribution in [3.05, 3.63) is 66.2 Å². The molecule has 1 saturated heterocycles. The van der Waals surface area contributed by atoms with Crippen molar-refractivity contribution in [3.8, 4) is 0 Å². The Morgan fingerprint density at radius 2 is 1.42 bits per heavy atom. The molecule has 5 atom stereocenters. The Morgan fingerprint density at radius 1 is 0.868 bits per heavy atom. The molecule has 7 nitrogen and oxygen atoms in total. The van der Waals surface area contributed by atoms with Crippen molar-refractivity contribution in [2.45, 2.75) is 88.8 Å². The summed E-state index contributed by atoms with van der Waals surface area (Å²) in [6.45, 7) is 14.2. The van der Waals surface area contributed by atoms with E-state index >= 15 is 0 Å². The number of hydrogen-bond donors (Lipinski definition) is 0. The second kappa shape index (κ2) is 13.4. The molecule has 3 rings (SSSR count). The maximum atomic E-state index is 12.3. The Labute approximate surface area is 233 Å². The van der Waals surface area contributed by atoms with Crippen LogP contribution in [-0.4, -0.2) is 71.2 Å². The van der Waals surface area contributed by atoms with Crippen LogP contribution in [0.1, 0.15) is 40.2 Å². The Morgan fingerprint density at radius 3 is 1.97 bits per heavy atom. The first-order valence-electron chi connectivity index (χ1n) is 12.9. The molecule has 2 aromatic rings. The van der Waals surface area contributed by atoms with Gasteiger partial charge in [0.25, 0.3) is 0 Å². The number of rotatable bonds is 10. The minimum atomic E-state index is -2.12. The van der Waals surface area contributed by atoms with E-state index in [4.69, 9.17) is 23.4 Å². The molecular weight excluding hydrogens is 567 g/mol. The molecule has 9 heteroatoms. The van der Waals surface area contributed by atoms with E-state index in [1.165, 1.54) is 13.8 Å². The van der Waals surface area contributed by atoms with Gasteiger partial charge in [0, 0.05) is 0 Å². The first kappa shape index (κ1) is 30.5. The summed E-state index contributed by atoms with van der Waals surface area (Å²) in [7, 11) is -2.12. The number of carbonyl (C=O) groups excluding carboxylic acids is 2. The van der Waals surface area contributed by atoms with E-state index in [2.05, 4.69) is 33.9 Å². The Balaban J connectivity index is 1.97. The van der Waals surface area contributed by atoms with Crippen molar-refractivity contribution in [3.63, 3.8) is 0 Å². The number of carbonyl (C=O) groups is 2. The summed E-state index contributed by atoms with van der Waals surface area (Å²) < 4.78 is 32.3. The van der Waals surface area contributed by atoms with Crippen LogP contribution in [-0.2, 0) is 39.6 Å². The number of benzene rings is 2. The molecule has 2 aromatic carbocycles. The molecule has 0 saturated carbocycles. The molecule has 0 N–H and O–H groups in total. The predicted molar refractivity (Wildman–Crippen MR) is 150 cm³/mol. The summed E-state index contributed by atoms with van der Waals surface area (Å²) in [5.41, 5.74) is 0.970. The van der Waals surface area contributed by atoms with Crippen LogP contribution in [0.2, 0.25) is 18.1 Å². The average Bonchev–Trinajstić information content (AvgIpc) is 2.84. The molecule has 1 aliphatic heterocycles. The van der Waals surface area contributed by atoms with Crippen molar-refractivity contribution in [1.82, 2.24) is 0 Å². The molecule has 0 radical (unpaired) electrons. The first-order valence-corrected chi connectivity index (χ1v) is 17.6. The van der Waals surface area contributed by atoms with E-state index in [-0.39, 0.29) is 33.2 Å². The third-order valence-corrected chi connectivity index (χ3v) is 13.8. The number of esters is 2. The average molecular weight is 608 g/mol. The molecule has 1 fully saturated rings. The van der Waals surface area contributed by atoms with Crippen LogP contribution >= 0.6 is 0 Å². The molecule has 1 heterocycles. The zero-order valence-corrected chi connectivity index (χ0v) is 26.1. The van der Waals surface area contributed by atoms with Gasteiger partial charge in [-0.2, -0.15) is 0 Å². The van der Waals surface area contributed by atoms with Gasteiger partial charge >= 0.3 is 234 Å². The van der Waals surface area contributed by atoms with Crippen LogP contribution in [0.4, 0.5) is 0 Å². The zero-order valence-electron chi connectivity index (χ0n) is 23.3. The van der Waals surface area contributed by atoms with E-state index in [1.807, 2.05) is 60.7 Å². The molecule has 0 aliphatic carbocycles. The van der Waals surface area contributed by atoms with Gasteiger partial charge in [-0.15, -0.1) is 0 Å². The standard InChI is InChI=1S/C29H40O7SeSi/c1-20(30)34-26-25(32-18-22-14-10-8-11-15-22)24(19-33-38(6,7)29(3,4)5)36-28(27(26)35-21(2)31)37-23-16-12-9-13-17-23/h8-17,24-28H,18-19H2,1-7H3/t24-,25-,26+,27-,28+/m1/s1. The zero-order chi connectivity index (χ0) is 27.9. The summed E-state index contributed by atoms with van der Waals surface area (Å²) >= 11 is -0.237. The summed E-state index contributed by atoms with van der Waals surface area (Å²) in [6, 6.07) is 19.7. The van der Waals surface area contributed by atoms with Gasteiger partial charge in [0.05, 0.1) is 0 Å². The fourth-order valence-corrected chi connectivity index (χ4v) is 7.23. The third kappa shape index (κ3) is 8.50. The maximum absolute atomic E-state index is 12.3. The van der Waals surface area contributed by atoms with Crippen LogP contribution in [0, 0.1) is 0 Å². The topological polar surface area (TPSA) is 80.3 Å². The Kier molecular flexibility index (Phi) is 10.7. The van der Waals surface area contributed by atoms with E-state index in [1.54, 1.807) is 0 Å². The van der Waals surface area contributed by atoms with E-state index in [0.29, 0.717) is 0 Å².